The molecular weight excluding hydrogens is 228 g/mol. The molecule has 0 amide bonds. The van der Waals surface area contributed by atoms with Crippen LogP contribution in [0.3, 0.4) is 0 Å². The van der Waals surface area contributed by atoms with Crippen molar-refractivity contribution >= 4 is 17.9 Å². The van der Waals surface area contributed by atoms with E-state index in [2.05, 4.69) is 5.10 Å². The van der Waals surface area contributed by atoms with Gasteiger partial charge in [-0.05, 0) is 12.8 Å². The lowest BCUT2D eigenvalue weighted by molar-refractivity contribution is 0.111. The normalized spacial score (nSPS) is 16.9. The Balaban J connectivity index is 2.34. The van der Waals surface area contributed by atoms with E-state index in [0.717, 1.165) is 19.1 Å². The molecule has 2 rings (SSSR count). The van der Waals surface area contributed by atoms with Crippen LogP contribution in [-0.2, 0) is 11.3 Å². The Hall–Kier alpha value is -0.870. The highest BCUT2D eigenvalue weighted by molar-refractivity contribution is 6.32. The summed E-state index contributed by atoms with van der Waals surface area (Å²) in [4.78, 5) is 11.0. The maximum Gasteiger partial charge on any atom is 0.155 e. The van der Waals surface area contributed by atoms with Gasteiger partial charge >= 0.3 is 0 Å². The van der Waals surface area contributed by atoms with Crippen LogP contribution in [0.15, 0.2) is 0 Å². The fourth-order valence-corrected chi connectivity index (χ4v) is 2.55. The fraction of sp³-hybridized carbons (Fsp3) is 0.636. The number of rotatable bonds is 4. The van der Waals surface area contributed by atoms with Crippen LogP contribution in [0.4, 0.5) is 0 Å². The second-order valence-corrected chi connectivity index (χ2v) is 4.44. The van der Waals surface area contributed by atoms with E-state index in [1.54, 1.807) is 11.8 Å². The molecule has 1 aliphatic carbocycles. The molecule has 0 spiro atoms. The highest BCUT2D eigenvalue weighted by Crippen LogP contribution is 2.33. The standard InChI is InChI=1S/C11H15ClN2O2/c1-16-7-10-9(6-15)11(12)14(13-10)8-4-2-3-5-8/h6,8H,2-5,7H2,1H3. The molecule has 0 bridgehead atoms. The van der Waals surface area contributed by atoms with Crippen LogP contribution in [-0.4, -0.2) is 23.2 Å². The van der Waals surface area contributed by atoms with Crippen molar-refractivity contribution in [1.29, 1.82) is 0 Å². The minimum absolute atomic E-state index is 0.327. The Bertz CT molecular complexity index is 384. The molecule has 1 heterocycles. The monoisotopic (exact) mass is 242 g/mol. The summed E-state index contributed by atoms with van der Waals surface area (Å²) in [6, 6.07) is 0.344. The second-order valence-electron chi connectivity index (χ2n) is 4.08. The Kier molecular flexibility index (Phi) is 3.61. The average Bonchev–Trinajstić information content (AvgIpc) is 2.87. The van der Waals surface area contributed by atoms with Gasteiger partial charge in [-0.2, -0.15) is 5.10 Å². The molecule has 0 N–H and O–H groups in total. The van der Waals surface area contributed by atoms with Crippen LogP contribution < -0.4 is 0 Å². The van der Waals surface area contributed by atoms with Crippen molar-refractivity contribution in [2.24, 2.45) is 0 Å². The quantitative estimate of drug-likeness (QED) is 0.763. The summed E-state index contributed by atoms with van der Waals surface area (Å²) < 4.78 is 6.79. The molecule has 0 radical (unpaired) electrons. The maximum atomic E-state index is 11.0. The van der Waals surface area contributed by atoms with Gasteiger partial charge in [0.1, 0.15) is 10.8 Å². The minimum atomic E-state index is 0.327. The number of hydrogen-bond donors (Lipinski definition) is 0. The van der Waals surface area contributed by atoms with Crippen molar-refractivity contribution in [2.75, 3.05) is 7.11 Å². The van der Waals surface area contributed by atoms with Gasteiger partial charge in [0, 0.05) is 7.11 Å². The summed E-state index contributed by atoms with van der Waals surface area (Å²) >= 11 is 6.16. The fourth-order valence-electron chi connectivity index (χ4n) is 2.22. The highest BCUT2D eigenvalue weighted by atomic mass is 35.5. The maximum absolute atomic E-state index is 11.0. The molecule has 16 heavy (non-hydrogen) atoms. The predicted octanol–water partition coefficient (Wildman–Crippen LogP) is 2.61. The Morgan fingerprint density at radius 1 is 1.56 bits per heavy atom. The summed E-state index contributed by atoms with van der Waals surface area (Å²) in [7, 11) is 1.58. The third-order valence-electron chi connectivity index (χ3n) is 3.03. The average molecular weight is 243 g/mol. The molecular formula is C11H15ClN2O2. The van der Waals surface area contributed by atoms with Gasteiger partial charge in [-0.25, -0.2) is 4.68 Å². The molecule has 5 heteroatoms. The summed E-state index contributed by atoms with van der Waals surface area (Å²) in [6.45, 7) is 0.327. The number of aromatic nitrogens is 2. The van der Waals surface area contributed by atoms with E-state index < -0.39 is 0 Å². The number of nitrogens with zero attached hydrogens (tertiary/aromatic N) is 2. The van der Waals surface area contributed by atoms with Crippen molar-refractivity contribution in [3.8, 4) is 0 Å². The minimum Gasteiger partial charge on any atom is -0.378 e. The molecule has 0 aromatic carbocycles. The number of carbonyl (C=O) groups excluding carboxylic acids is 1. The van der Waals surface area contributed by atoms with Gasteiger partial charge in [0.15, 0.2) is 6.29 Å². The molecule has 4 nitrogen and oxygen atoms in total. The van der Waals surface area contributed by atoms with Crippen LogP contribution >= 0.6 is 11.6 Å². The van der Waals surface area contributed by atoms with E-state index in [4.69, 9.17) is 16.3 Å². The smallest absolute Gasteiger partial charge is 0.155 e. The highest BCUT2D eigenvalue weighted by Gasteiger charge is 2.24. The van der Waals surface area contributed by atoms with Gasteiger partial charge in [-0.3, -0.25) is 4.79 Å². The van der Waals surface area contributed by atoms with Crippen LogP contribution in [0.25, 0.3) is 0 Å². The van der Waals surface area contributed by atoms with E-state index in [0.29, 0.717) is 29.1 Å². The molecule has 0 atom stereocenters. The number of halogens is 1. The summed E-state index contributed by atoms with van der Waals surface area (Å²) in [6.07, 6.45) is 5.35. The SMILES string of the molecule is COCc1nn(C2CCCC2)c(Cl)c1C=O. The van der Waals surface area contributed by atoms with Crippen molar-refractivity contribution in [3.63, 3.8) is 0 Å². The Morgan fingerprint density at radius 3 is 2.81 bits per heavy atom. The van der Waals surface area contributed by atoms with E-state index in [1.165, 1.54) is 12.8 Å². The third kappa shape index (κ3) is 1.99. The van der Waals surface area contributed by atoms with Crippen molar-refractivity contribution in [2.45, 2.75) is 38.3 Å². The Labute approximate surface area is 99.5 Å². The third-order valence-corrected chi connectivity index (χ3v) is 3.41. The summed E-state index contributed by atoms with van der Waals surface area (Å²) in [5.41, 5.74) is 1.10. The largest absolute Gasteiger partial charge is 0.378 e. The van der Waals surface area contributed by atoms with Gasteiger partial charge in [-0.15, -0.1) is 0 Å². The zero-order chi connectivity index (χ0) is 11.5. The van der Waals surface area contributed by atoms with E-state index >= 15 is 0 Å². The lowest BCUT2D eigenvalue weighted by atomic mass is 10.2. The van der Waals surface area contributed by atoms with Crippen LogP contribution in [0, 0.1) is 0 Å². The summed E-state index contributed by atoms with van der Waals surface area (Å²) in [5.74, 6) is 0. The van der Waals surface area contributed by atoms with Gasteiger partial charge in [0.25, 0.3) is 0 Å². The molecule has 88 valence electrons. The van der Waals surface area contributed by atoms with Crippen LogP contribution in [0.2, 0.25) is 5.15 Å². The van der Waals surface area contributed by atoms with Crippen LogP contribution in [0.5, 0.6) is 0 Å². The van der Waals surface area contributed by atoms with Crippen LogP contribution in [0.1, 0.15) is 47.8 Å². The van der Waals surface area contributed by atoms with E-state index in [-0.39, 0.29) is 0 Å². The number of ether oxygens (including phenoxy) is 1. The lowest BCUT2D eigenvalue weighted by Crippen LogP contribution is -2.07. The van der Waals surface area contributed by atoms with Gasteiger partial charge < -0.3 is 4.74 Å². The number of aldehydes is 1. The van der Waals surface area contributed by atoms with E-state index in [9.17, 15) is 4.79 Å². The molecule has 1 saturated carbocycles. The van der Waals surface area contributed by atoms with Crippen molar-refractivity contribution in [3.05, 3.63) is 16.4 Å². The second kappa shape index (κ2) is 4.97. The summed E-state index contributed by atoms with van der Waals surface area (Å²) in [5, 5.41) is 4.83. The predicted molar refractivity (Wildman–Crippen MR) is 60.8 cm³/mol. The van der Waals surface area contributed by atoms with E-state index in [1.807, 2.05) is 0 Å². The molecule has 1 aromatic heterocycles. The number of methoxy groups -OCH3 is 1. The Morgan fingerprint density at radius 2 is 2.25 bits per heavy atom. The first-order chi connectivity index (χ1) is 7.77. The molecule has 0 aliphatic heterocycles. The first-order valence-corrected chi connectivity index (χ1v) is 5.86. The topological polar surface area (TPSA) is 44.1 Å². The van der Waals surface area contributed by atoms with Crippen molar-refractivity contribution < 1.29 is 9.53 Å². The lowest BCUT2D eigenvalue weighted by Gasteiger charge is -2.10. The zero-order valence-electron chi connectivity index (χ0n) is 9.28. The van der Waals surface area contributed by atoms with Crippen molar-refractivity contribution in [1.82, 2.24) is 9.78 Å². The molecule has 0 saturated heterocycles. The molecule has 1 fully saturated rings. The van der Waals surface area contributed by atoms with Gasteiger partial charge in [0.2, 0.25) is 0 Å². The molecule has 1 aliphatic rings. The molecule has 1 aromatic rings. The first kappa shape index (κ1) is 11.6. The molecule has 0 unspecified atom stereocenters. The first-order valence-electron chi connectivity index (χ1n) is 5.49. The van der Waals surface area contributed by atoms with Gasteiger partial charge in [-0.1, -0.05) is 24.4 Å². The van der Waals surface area contributed by atoms with Gasteiger partial charge in [0.05, 0.1) is 18.2 Å². The zero-order valence-corrected chi connectivity index (χ0v) is 10.0. The number of hydrogen-bond acceptors (Lipinski definition) is 3. The number of carbonyl (C=O) groups is 1.